The lowest BCUT2D eigenvalue weighted by Gasteiger charge is -2.15. The van der Waals surface area contributed by atoms with Gasteiger partial charge in [-0.05, 0) is 29.5 Å². The zero-order chi connectivity index (χ0) is 14.0. The SMILES string of the molecule is COC(=O)c1ccc(CN2CC(C)C(C)C2)cc1F. The Morgan fingerprint density at radius 2 is 2.00 bits per heavy atom. The number of ether oxygens (including phenoxy) is 1. The highest BCUT2D eigenvalue weighted by molar-refractivity contribution is 5.89. The summed E-state index contributed by atoms with van der Waals surface area (Å²) in [7, 11) is 1.25. The molecule has 2 unspecified atom stereocenters. The molecule has 1 fully saturated rings. The fourth-order valence-corrected chi connectivity index (χ4v) is 2.57. The normalized spacial score (nSPS) is 23.6. The predicted octanol–water partition coefficient (Wildman–Crippen LogP) is 2.70. The maximum absolute atomic E-state index is 13.8. The molecule has 0 N–H and O–H groups in total. The molecule has 2 atom stereocenters. The minimum absolute atomic E-state index is 0.00518. The Balaban J connectivity index is 2.06. The first kappa shape index (κ1) is 14.0. The van der Waals surface area contributed by atoms with Crippen molar-refractivity contribution in [1.29, 1.82) is 0 Å². The van der Waals surface area contributed by atoms with Gasteiger partial charge in [0.1, 0.15) is 5.82 Å². The topological polar surface area (TPSA) is 29.5 Å². The molecule has 1 heterocycles. The molecule has 1 saturated heterocycles. The van der Waals surface area contributed by atoms with Crippen molar-refractivity contribution in [3.8, 4) is 0 Å². The number of likely N-dealkylation sites (tertiary alicyclic amines) is 1. The van der Waals surface area contributed by atoms with Crippen LogP contribution in [0.3, 0.4) is 0 Å². The zero-order valence-electron chi connectivity index (χ0n) is 11.6. The maximum Gasteiger partial charge on any atom is 0.340 e. The molecule has 2 rings (SSSR count). The summed E-state index contributed by atoms with van der Waals surface area (Å²) in [4.78, 5) is 13.6. The Kier molecular flexibility index (Phi) is 4.20. The summed E-state index contributed by atoms with van der Waals surface area (Å²) < 4.78 is 18.3. The molecule has 4 heteroatoms. The summed E-state index contributed by atoms with van der Waals surface area (Å²) in [6, 6.07) is 4.72. The second kappa shape index (κ2) is 5.70. The van der Waals surface area contributed by atoms with Gasteiger partial charge in [0.25, 0.3) is 0 Å². The zero-order valence-corrected chi connectivity index (χ0v) is 11.6. The van der Waals surface area contributed by atoms with Gasteiger partial charge in [-0.25, -0.2) is 9.18 Å². The number of hydrogen-bond acceptors (Lipinski definition) is 3. The van der Waals surface area contributed by atoms with E-state index in [0.717, 1.165) is 25.2 Å². The molecule has 0 saturated carbocycles. The van der Waals surface area contributed by atoms with Gasteiger partial charge < -0.3 is 4.74 Å². The standard InChI is InChI=1S/C15H20FNO2/c1-10-7-17(8-11(10)2)9-12-4-5-13(14(16)6-12)15(18)19-3/h4-6,10-11H,7-9H2,1-3H3. The summed E-state index contributed by atoms with van der Waals surface area (Å²) in [6.07, 6.45) is 0. The minimum Gasteiger partial charge on any atom is -0.465 e. The third-order valence-electron chi connectivity index (χ3n) is 3.91. The Labute approximate surface area is 113 Å². The second-order valence-corrected chi connectivity index (χ2v) is 5.45. The van der Waals surface area contributed by atoms with Crippen LogP contribution in [0, 0.1) is 17.7 Å². The summed E-state index contributed by atoms with van der Waals surface area (Å²) in [5.41, 5.74) is 0.890. The van der Waals surface area contributed by atoms with E-state index in [4.69, 9.17) is 0 Å². The molecule has 3 nitrogen and oxygen atoms in total. The van der Waals surface area contributed by atoms with Crippen LogP contribution in [0.25, 0.3) is 0 Å². The van der Waals surface area contributed by atoms with Crippen LogP contribution in [0.15, 0.2) is 18.2 Å². The smallest absolute Gasteiger partial charge is 0.340 e. The Morgan fingerprint density at radius 1 is 1.37 bits per heavy atom. The summed E-state index contributed by atoms with van der Waals surface area (Å²) >= 11 is 0. The molecule has 1 aromatic carbocycles. The average Bonchev–Trinajstić information content (AvgIpc) is 2.67. The molecule has 1 aliphatic rings. The van der Waals surface area contributed by atoms with Crippen LogP contribution in [0.5, 0.6) is 0 Å². The minimum atomic E-state index is -0.632. The molecular formula is C15H20FNO2. The van der Waals surface area contributed by atoms with Crippen LogP contribution in [0.2, 0.25) is 0 Å². The summed E-state index contributed by atoms with van der Waals surface area (Å²) in [5, 5.41) is 0. The van der Waals surface area contributed by atoms with E-state index < -0.39 is 11.8 Å². The van der Waals surface area contributed by atoms with Crippen molar-refractivity contribution in [3.05, 3.63) is 35.1 Å². The van der Waals surface area contributed by atoms with E-state index in [1.165, 1.54) is 19.2 Å². The third-order valence-corrected chi connectivity index (χ3v) is 3.91. The molecule has 0 spiro atoms. The highest BCUT2D eigenvalue weighted by Crippen LogP contribution is 2.24. The molecule has 1 aromatic rings. The van der Waals surface area contributed by atoms with Crippen molar-refractivity contribution in [1.82, 2.24) is 4.90 Å². The number of halogens is 1. The van der Waals surface area contributed by atoms with Crippen molar-refractivity contribution in [3.63, 3.8) is 0 Å². The van der Waals surface area contributed by atoms with Crippen LogP contribution < -0.4 is 0 Å². The fourth-order valence-electron chi connectivity index (χ4n) is 2.57. The monoisotopic (exact) mass is 265 g/mol. The summed E-state index contributed by atoms with van der Waals surface area (Å²) in [6.45, 7) is 7.30. The highest BCUT2D eigenvalue weighted by atomic mass is 19.1. The first-order valence-electron chi connectivity index (χ1n) is 6.60. The third kappa shape index (κ3) is 3.13. The number of hydrogen-bond donors (Lipinski definition) is 0. The average molecular weight is 265 g/mol. The van der Waals surface area contributed by atoms with Crippen LogP contribution >= 0.6 is 0 Å². The molecule has 0 amide bonds. The van der Waals surface area contributed by atoms with Gasteiger partial charge in [-0.1, -0.05) is 19.9 Å². The lowest BCUT2D eigenvalue weighted by molar-refractivity contribution is 0.0595. The van der Waals surface area contributed by atoms with Gasteiger partial charge in [0.2, 0.25) is 0 Å². The molecule has 1 aliphatic heterocycles. The quantitative estimate of drug-likeness (QED) is 0.787. The van der Waals surface area contributed by atoms with Crippen LogP contribution in [-0.2, 0) is 11.3 Å². The maximum atomic E-state index is 13.8. The Hall–Kier alpha value is -1.42. The van der Waals surface area contributed by atoms with E-state index in [-0.39, 0.29) is 5.56 Å². The van der Waals surface area contributed by atoms with Crippen molar-refractivity contribution >= 4 is 5.97 Å². The molecular weight excluding hydrogens is 245 g/mol. The van der Waals surface area contributed by atoms with E-state index in [0.29, 0.717) is 11.8 Å². The van der Waals surface area contributed by atoms with Crippen LogP contribution in [0.1, 0.15) is 29.8 Å². The van der Waals surface area contributed by atoms with Gasteiger partial charge >= 0.3 is 5.97 Å². The number of carbonyl (C=O) groups is 1. The van der Waals surface area contributed by atoms with Gasteiger partial charge in [-0.2, -0.15) is 0 Å². The van der Waals surface area contributed by atoms with E-state index in [1.807, 2.05) is 0 Å². The Bertz CT molecular complexity index is 465. The van der Waals surface area contributed by atoms with E-state index in [9.17, 15) is 9.18 Å². The molecule has 0 bridgehead atoms. The van der Waals surface area contributed by atoms with Gasteiger partial charge in [0.05, 0.1) is 12.7 Å². The molecule has 19 heavy (non-hydrogen) atoms. The van der Waals surface area contributed by atoms with Crippen LogP contribution in [-0.4, -0.2) is 31.1 Å². The first-order chi connectivity index (χ1) is 9.01. The van der Waals surface area contributed by atoms with Gasteiger partial charge in [-0.15, -0.1) is 0 Å². The number of benzene rings is 1. The summed E-state index contributed by atoms with van der Waals surface area (Å²) in [5.74, 6) is 0.218. The lowest BCUT2D eigenvalue weighted by Crippen LogP contribution is -2.20. The molecule has 0 aromatic heterocycles. The van der Waals surface area contributed by atoms with Crippen LogP contribution in [0.4, 0.5) is 4.39 Å². The van der Waals surface area contributed by atoms with E-state index >= 15 is 0 Å². The van der Waals surface area contributed by atoms with Crippen molar-refractivity contribution in [2.75, 3.05) is 20.2 Å². The number of methoxy groups -OCH3 is 1. The second-order valence-electron chi connectivity index (χ2n) is 5.45. The van der Waals surface area contributed by atoms with Gasteiger partial charge in [0, 0.05) is 19.6 Å². The lowest BCUT2D eigenvalue weighted by atomic mass is 10.0. The fraction of sp³-hybridized carbons (Fsp3) is 0.533. The number of rotatable bonds is 3. The van der Waals surface area contributed by atoms with Crippen molar-refractivity contribution in [2.24, 2.45) is 11.8 Å². The van der Waals surface area contributed by atoms with Crippen molar-refractivity contribution in [2.45, 2.75) is 20.4 Å². The van der Waals surface area contributed by atoms with E-state index in [2.05, 4.69) is 23.5 Å². The first-order valence-corrected chi connectivity index (χ1v) is 6.60. The van der Waals surface area contributed by atoms with E-state index in [1.54, 1.807) is 6.07 Å². The molecule has 104 valence electrons. The molecule has 0 radical (unpaired) electrons. The van der Waals surface area contributed by atoms with Gasteiger partial charge in [-0.3, -0.25) is 4.90 Å². The highest BCUT2D eigenvalue weighted by Gasteiger charge is 2.26. The largest absolute Gasteiger partial charge is 0.465 e. The number of carbonyl (C=O) groups excluding carboxylic acids is 1. The van der Waals surface area contributed by atoms with Crippen molar-refractivity contribution < 1.29 is 13.9 Å². The van der Waals surface area contributed by atoms with Gasteiger partial charge in [0.15, 0.2) is 0 Å². The Morgan fingerprint density at radius 3 is 2.53 bits per heavy atom. The number of nitrogens with zero attached hydrogens (tertiary/aromatic N) is 1. The predicted molar refractivity (Wildman–Crippen MR) is 71.3 cm³/mol. The molecule has 0 aliphatic carbocycles. The number of esters is 1.